The molecule has 0 unspecified atom stereocenters. The lowest BCUT2D eigenvalue weighted by molar-refractivity contribution is -0.584. The number of fused-ring (bicyclic) bond motifs is 1. The number of nitrogens with zero attached hydrogens (tertiary/aromatic N) is 3. The first kappa shape index (κ1) is 11.6. The number of rotatable bonds is 1. The fraction of sp³-hybridized carbons (Fsp3) is 0.214. The average Bonchev–Trinajstić information content (AvgIpc) is 2.37. The molecule has 1 aliphatic heterocycles. The Kier molecular flexibility index (Phi) is 2.48. The molecule has 0 saturated carbocycles. The smallest absolute Gasteiger partial charge is 0.258 e. The summed E-state index contributed by atoms with van der Waals surface area (Å²) in [7, 11) is 0. The molecule has 0 spiro atoms. The third kappa shape index (κ3) is 2.03. The maximum absolute atomic E-state index is 11.9. The van der Waals surface area contributed by atoms with Gasteiger partial charge in [-0.3, -0.25) is 4.98 Å². The number of hydrogen-bond acceptors (Lipinski definition) is 3. The number of aromatic nitrogens is 3. The van der Waals surface area contributed by atoms with E-state index in [0.29, 0.717) is 0 Å². The molecule has 0 radical (unpaired) electrons. The fourth-order valence-electron chi connectivity index (χ4n) is 2.15. The summed E-state index contributed by atoms with van der Waals surface area (Å²) in [6.07, 6.45) is 8.48. The number of hydrogen-bond donors (Lipinski definition) is 0. The molecule has 96 valence electrons. The maximum atomic E-state index is 11.9. The Balaban J connectivity index is 2.27. The predicted octanol–water partition coefficient (Wildman–Crippen LogP) is 1.86. The Hall–Kier alpha value is -2.43. The van der Waals surface area contributed by atoms with Crippen LogP contribution in [0.2, 0.25) is 0 Å². The minimum absolute atomic E-state index is 0.473. The Morgan fingerprint density at radius 3 is 3.00 bits per heavy atom. The van der Waals surface area contributed by atoms with E-state index in [1.165, 1.54) is 10.9 Å². The van der Waals surface area contributed by atoms with E-state index in [4.69, 9.17) is 4.74 Å². The summed E-state index contributed by atoms with van der Waals surface area (Å²) < 4.78 is 8.18. The molecule has 0 N–H and O–H groups in total. The van der Waals surface area contributed by atoms with Crippen LogP contribution >= 0.6 is 0 Å². The van der Waals surface area contributed by atoms with Gasteiger partial charge in [-0.2, -0.15) is 0 Å². The Morgan fingerprint density at radius 2 is 2.21 bits per heavy atom. The van der Waals surface area contributed by atoms with Crippen LogP contribution in [-0.2, 0) is 0 Å². The summed E-state index contributed by atoms with van der Waals surface area (Å²) in [4.78, 5) is 16.0. The maximum Gasteiger partial charge on any atom is 0.258 e. The van der Waals surface area contributed by atoms with Crippen molar-refractivity contribution in [2.24, 2.45) is 0 Å². The van der Waals surface area contributed by atoms with E-state index in [9.17, 15) is 4.91 Å². The van der Waals surface area contributed by atoms with Crippen molar-refractivity contribution in [3.05, 3.63) is 59.5 Å². The standard InChI is InChI=1S/C14H14N3O2/c1-14(2)9-12(16-7-3-4-8-17(16)18)11-10-15-6-5-13(11)19-14/h3-10H,1-2H3/q+1. The van der Waals surface area contributed by atoms with Crippen molar-refractivity contribution in [2.45, 2.75) is 19.4 Å². The Bertz CT molecular complexity index is 716. The van der Waals surface area contributed by atoms with Gasteiger partial charge in [0.05, 0.1) is 16.7 Å². The van der Waals surface area contributed by atoms with Crippen LogP contribution in [0.1, 0.15) is 19.4 Å². The highest BCUT2D eigenvalue weighted by Gasteiger charge is 2.29. The normalized spacial score (nSPS) is 16.2. The van der Waals surface area contributed by atoms with E-state index in [1.54, 1.807) is 24.7 Å². The lowest BCUT2D eigenvalue weighted by Crippen LogP contribution is -2.35. The van der Waals surface area contributed by atoms with Crippen molar-refractivity contribution in [2.75, 3.05) is 0 Å². The molecule has 0 amide bonds. The van der Waals surface area contributed by atoms with E-state index in [-0.39, 0.29) is 0 Å². The largest absolute Gasteiger partial charge is 0.483 e. The summed E-state index contributed by atoms with van der Waals surface area (Å²) in [5.41, 5.74) is 1.11. The lowest BCUT2D eigenvalue weighted by atomic mass is 10.0. The molecule has 19 heavy (non-hydrogen) atoms. The first-order chi connectivity index (χ1) is 9.07. The van der Waals surface area contributed by atoms with Crippen LogP contribution in [0.15, 0.2) is 49.1 Å². The monoisotopic (exact) mass is 256 g/mol. The summed E-state index contributed by atoms with van der Waals surface area (Å²) >= 11 is 0. The van der Waals surface area contributed by atoms with Gasteiger partial charge in [-0.05, 0) is 32.1 Å². The van der Waals surface area contributed by atoms with Crippen molar-refractivity contribution in [1.29, 1.82) is 0 Å². The van der Waals surface area contributed by atoms with Crippen LogP contribution in [0, 0.1) is 4.91 Å². The van der Waals surface area contributed by atoms with E-state index in [1.807, 2.05) is 32.1 Å². The SMILES string of the molecule is CC1(C)C=C(n2cccc[n+]2=O)c2cnccc2O1. The Labute approximate surface area is 110 Å². The number of pyridine rings is 1. The molecule has 0 atom stereocenters. The van der Waals surface area contributed by atoms with Gasteiger partial charge in [0.1, 0.15) is 17.0 Å². The van der Waals surface area contributed by atoms with Crippen LogP contribution in [0.4, 0.5) is 0 Å². The van der Waals surface area contributed by atoms with Crippen LogP contribution in [0.5, 0.6) is 5.75 Å². The van der Waals surface area contributed by atoms with Crippen molar-refractivity contribution in [1.82, 2.24) is 9.67 Å². The van der Waals surface area contributed by atoms with Gasteiger partial charge < -0.3 is 4.74 Å². The molecule has 0 fully saturated rings. The summed E-state index contributed by atoms with van der Waals surface area (Å²) in [6, 6.07) is 5.31. The van der Waals surface area contributed by atoms with E-state index < -0.39 is 5.60 Å². The van der Waals surface area contributed by atoms with Crippen molar-refractivity contribution in [3.63, 3.8) is 0 Å². The molecule has 0 aliphatic carbocycles. The molecule has 1 aliphatic rings. The molecule has 2 aromatic rings. The average molecular weight is 256 g/mol. The van der Waals surface area contributed by atoms with Gasteiger partial charge in [-0.1, -0.05) is 4.68 Å². The minimum Gasteiger partial charge on any atom is -0.483 e. The molecule has 3 rings (SSSR count). The highest BCUT2D eigenvalue weighted by Crippen LogP contribution is 2.35. The zero-order chi connectivity index (χ0) is 13.5. The molecule has 3 heterocycles. The predicted molar refractivity (Wildman–Crippen MR) is 70.1 cm³/mol. The van der Waals surface area contributed by atoms with Gasteiger partial charge >= 0.3 is 0 Å². The first-order valence-corrected chi connectivity index (χ1v) is 6.04. The summed E-state index contributed by atoms with van der Waals surface area (Å²) in [5.74, 6) is 0.730. The third-order valence-electron chi connectivity index (χ3n) is 2.93. The van der Waals surface area contributed by atoms with Gasteiger partial charge in [0.2, 0.25) is 0 Å². The Morgan fingerprint density at radius 1 is 1.37 bits per heavy atom. The van der Waals surface area contributed by atoms with Crippen molar-refractivity contribution in [3.8, 4) is 5.75 Å². The molecule has 0 saturated heterocycles. The van der Waals surface area contributed by atoms with Crippen molar-refractivity contribution < 1.29 is 9.28 Å². The minimum atomic E-state index is -0.473. The third-order valence-corrected chi connectivity index (χ3v) is 2.93. The molecule has 0 bridgehead atoms. The highest BCUT2D eigenvalue weighted by atomic mass is 16.5. The summed E-state index contributed by atoms with van der Waals surface area (Å²) in [6.45, 7) is 3.91. The topological polar surface area (TPSA) is 50.0 Å². The summed E-state index contributed by atoms with van der Waals surface area (Å²) in [5, 5.41) is 0. The lowest BCUT2D eigenvalue weighted by Gasteiger charge is -2.29. The molecule has 2 aromatic heterocycles. The first-order valence-electron chi connectivity index (χ1n) is 6.04. The van der Waals surface area contributed by atoms with Gasteiger partial charge in [0.25, 0.3) is 6.20 Å². The van der Waals surface area contributed by atoms with Gasteiger partial charge in [-0.25, -0.2) is 0 Å². The van der Waals surface area contributed by atoms with Crippen molar-refractivity contribution >= 4 is 5.70 Å². The van der Waals surface area contributed by atoms with E-state index in [0.717, 1.165) is 21.6 Å². The number of ether oxygens (including phenoxy) is 1. The second kappa shape index (κ2) is 4.05. The quantitative estimate of drug-likeness (QED) is 0.732. The van der Waals surface area contributed by atoms with E-state index >= 15 is 0 Å². The zero-order valence-corrected chi connectivity index (χ0v) is 10.8. The van der Waals surface area contributed by atoms with Crippen LogP contribution in [0.25, 0.3) is 5.70 Å². The second-order valence-electron chi connectivity index (χ2n) is 4.94. The molecular weight excluding hydrogens is 242 g/mol. The molecule has 5 heteroatoms. The molecular formula is C14H14N3O2+. The molecule has 0 aromatic carbocycles. The second-order valence-corrected chi connectivity index (χ2v) is 4.94. The van der Waals surface area contributed by atoms with Gasteiger partial charge in [0.15, 0.2) is 4.54 Å². The van der Waals surface area contributed by atoms with E-state index in [2.05, 4.69) is 4.98 Å². The van der Waals surface area contributed by atoms with Crippen LogP contribution < -0.4 is 9.28 Å². The van der Waals surface area contributed by atoms with Gasteiger partial charge in [-0.15, -0.1) is 0 Å². The van der Waals surface area contributed by atoms with Gasteiger partial charge in [0, 0.05) is 18.5 Å². The van der Waals surface area contributed by atoms with Crippen LogP contribution in [0.3, 0.4) is 0 Å². The van der Waals surface area contributed by atoms with Crippen LogP contribution in [-0.4, -0.2) is 15.3 Å². The fourth-order valence-corrected chi connectivity index (χ4v) is 2.15. The molecule has 5 nitrogen and oxygen atoms in total. The highest BCUT2D eigenvalue weighted by molar-refractivity contribution is 5.71. The zero-order valence-electron chi connectivity index (χ0n) is 10.8.